The van der Waals surface area contributed by atoms with Gasteiger partial charge in [0.15, 0.2) is 0 Å². The molecule has 0 saturated heterocycles. The van der Waals surface area contributed by atoms with Gasteiger partial charge in [-0.3, -0.25) is 4.98 Å². The van der Waals surface area contributed by atoms with Crippen LogP contribution < -0.4 is 0 Å². The largest absolute Gasteiger partial charge is 0.252 e. The highest BCUT2D eigenvalue weighted by Crippen LogP contribution is 2.25. The van der Waals surface area contributed by atoms with Gasteiger partial charge in [0.2, 0.25) is 0 Å². The molecule has 2 aromatic heterocycles. The van der Waals surface area contributed by atoms with E-state index >= 15 is 0 Å². The summed E-state index contributed by atoms with van der Waals surface area (Å²) in [5.41, 5.74) is 7.17. The van der Waals surface area contributed by atoms with E-state index in [9.17, 15) is 0 Å². The third-order valence-electron chi connectivity index (χ3n) is 3.72. The summed E-state index contributed by atoms with van der Waals surface area (Å²) in [5.74, 6) is 0. The summed E-state index contributed by atoms with van der Waals surface area (Å²) >= 11 is 0. The van der Waals surface area contributed by atoms with Crippen LogP contribution in [0.2, 0.25) is 0 Å². The lowest BCUT2D eigenvalue weighted by Crippen LogP contribution is -1.95. The Morgan fingerprint density at radius 2 is 1.76 bits per heavy atom. The predicted octanol–water partition coefficient (Wildman–Crippen LogP) is 3.56. The first-order chi connectivity index (χ1) is 10.2. The standard InChI is InChI=1S/C17H14N4/c1-11-8-12(2)16-14(9-11)21-15(10-18-16)17(19-20-21)13-6-4-3-5-7-13/h3-10H,1-2H3. The number of fused-ring (bicyclic) bond motifs is 3. The van der Waals surface area contributed by atoms with Gasteiger partial charge in [-0.1, -0.05) is 41.6 Å². The van der Waals surface area contributed by atoms with Crippen LogP contribution in [0.5, 0.6) is 0 Å². The smallest absolute Gasteiger partial charge is 0.122 e. The number of aromatic nitrogens is 4. The number of nitrogens with zero attached hydrogens (tertiary/aromatic N) is 4. The lowest BCUT2D eigenvalue weighted by molar-refractivity contribution is 0.880. The molecule has 0 bridgehead atoms. The molecule has 0 atom stereocenters. The summed E-state index contributed by atoms with van der Waals surface area (Å²) in [7, 11) is 0. The van der Waals surface area contributed by atoms with Crippen molar-refractivity contribution in [3.8, 4) is 11.3 Å². The summed E-state index contributed by atoms with van der Waals surface area (Å²) in [4.78, 5) is 4.61. The Bertz CT molecular complexity index is 955. The maximum absolute atomic E-state index is 4.61. The van der Waals surface area contributed by atoms with Gasteiger partial charge in [0.25, 0.3) is 0 Å². The number of aryl methyl sites for hydroxylation is 2. The van der Waals surface area contributed by atoms with E-state index in [-0.39, 0.29) is 0 Å². The minimum atomic E-state index is 0.865. The minimum absolute atomic E-state index is 0.865. The van der Waals surface area contributed by atoms with Crippen LogP contribution in [0.25, 0.3) is 27.8 Å². The van der Waals surface area contributed by atoms with Gasteiger partial charge in [-0.2, -0.15) is 0 Å². The molecule has 0 aliphatic heterocycles. The first kappa shape index (κ1) is 12.0. The van der Waals surface area contributed by atoms with E-state index in [0.717, 1.165) is 33.4 Å². The van der Waals surface area contributed by atoms with E-state index < -0.39 is 0 Å². The molecule has 102 valence electrons. The quantitative estimate of drug-likeness (QED) is 0.533. The highest BCUT2D eigenvalue weighted by atomic mass is 15.4. The van der Waals surface area contributed by atoms with Crippen LogP contribution >= 0.6 is 0 Å². The van der Waals surface area contributed by atoms with Crippen molar-refractivity contribution in [3.05, 3.63) is 59.8 Å². The molecular formula is C17H14N4. The van der Waals surface area contributed by atoms with Gasteiger partial charge in [-0.15, -0.1) is 5.10 Å². The molecule has 4 nitrogen and oxygen atoms in total. The predicted molar refractivity (Wildman–Crippen MR) is 83.2 cm³/mol. The van der Waals surface area contributed by atoms with Crippen molar-refractivity contribution in [3.63, 3.8) is 0 Å². The molecule has 0 N–H and O–H groups in total. The number of hydrogen-bond acceptors (Lipinski definition) is 3. The first-order valence-electron chi connectivity index (χ1n) is 6.91. The maximum atomic E-state index is 4.61. The fraction of sp³-hybridized carbons (Fsp3) is 0.118. The van der Waals surface area contributed by atoms with Gasteiger partial charge >= 0.3 is 0 Å². The van der Waals surface area contributed by atoms with Crippen LogP contribution in [0, 0.1) is 13.8 Å². The molecule has 0 fully saturated rings. The van der Waals surface area contributed by atoms with Crippen LogP contribution in [0.3, 0.4) is 0 Å². The molecule has 4 rings (SSSR count). The third kappa shape index (κ3) is 1.80. The minimum Gasteiger partial charge on any atom is -0.252 e. The maximum Gasteiger partial charge on any atom is 0.122 e. The highest BCUT2D eigenvalue weighted by molar-refractivity contribution is 5.85. The van der Waals surface area contributed by atoms with Crippen molar-refractivity contribution < 1.29 is 0 Å². The van der Waals surface area contributed by atoms with Crippen LogP contribution in [0.1, 0.15) is 11.1 Å². The number of rotatable bonds is 1. The van der Waals surface area contributed by atoms with Crippen molar-refractivity contribution in [2.45, 2.75) is 13.8 Å². The summed E-state index contributed by atoms with van der Waals surface area (Å²) < 4.78 is 1.88. The van der Waals surface area contributed by atoms with E-state index in [4.69, 9.17) is 0 Å². The lowest BCUT2D eigenvalue weighted by Gasteiger charge is -2.05. The van der Waals surface area contributed by atoms with Crippen molar-refractivity contribution in [2.75, 3.05) is 0 Å². The van der Waals surface area contributed by atoms with Crippen LogP contribution in [-0.4, -0.2) is 19.8 Å². The topological polar surface area (TPSA) is 43.1 Å². The molecule has 21 heavy (non-hydrogen) atoms. The molecule has 4 heteroatoms. The second-order valence-electron chi connectivity index (χ2n) is 5.31. The molecule has 0 aliphatic carbocycles. The molecule has 0 spiro atoms. The summed E-state index contributed by atoms with van der Waals surface area (Å²) in [6, 6.07) is 14.3. The second-order valence-corrected chi connectivity index (χ2v) is 5.31. The van der Waals surface area contributed by atoms with Crippen LogP contribution in [-0.2, 0) is 0 Å². The van der Waals surface area contributed by atoms with Crippen molar-refractivity contribution >= 4 is 16.6 Å². The molecular weight excluding hydrogens is 260 g/mol. The molecule has 0 saturated carbocycles. The fourth-order valence-corrected chi connectivity index (χ4v) is 2.78. The average molecular weight is 274 g/mol. The fourth-order valence-electron chi connectivity index (χ4n) is 2.78. The van der Waals surface area contributed by atoms with Gasteiger partial charge < -0.3 is 0 Å². The average Bonchev–Trinajstić information content (AvgIpc) is 2.92. The molecule has 0 aliphatic rings. The Morgan fingerprint density at radius 3 is 2.57 bits per heavy atom. The Morgan fingerprint density at radius 1 is 0.952 bits per heavy atom. The van der Waals surface area contributed by atoms with Gasteiger partial charge in [-0.25, -0.2) is 4.52 Å². The Balaban J connectivity index is 2.09. The highest BCUT2D eigenvalue weighted by Gasteiger charge is 2.12. The van der Waals surface area contributed by atoms with Crippen molar-refractivity contribution in [1.29, 1.82) is 0 Å². The monoisotopic (exact) mass is 274 g/mol. The Hall–Kier alpha value is -2.75. The van der Waals surface area contributed by atoms with Crippen molar-refractivity contribution in [1.82, 2.24) is 19.8 Å². The molecule has 4 aromatic rings. The molecule has 0 amide bonds. The number of hydrogen-bond donors (Lipinski definition) is 0. The van der Waals surface area contributed by atoms with Crippen molar-refractivity contribution in [2.24, 2.45) is 0 Å². The normalized spacial score (nSPS) is 11.3. The lowest BCUT2D eigenvalue weighted by atomic mass is 10.1. The van der Waals surface area contributed by atoms with Crippen LogP contribution in [0.15, 0.2) is 48.7 Å². The van der Waals surface area contributed by atoms with E-state index in [1.807, 2.05) is 41.0 Å². The summed E-state index contributed by atoms with van der Waals surface area (Å²) in [6.45, 7) is 4.16. The molecule has 0 unspecified atom stereocenters. The molecule has 2 aromatic carbocycles. The zero-order valence-corrected chi connectivity index (χ0v) is 11.9. The Kier molecular flexibility index (Phi) is 2.51. The van der Waals surface area contributed by atoms with E-state index in [1.54, 1.807) is 0 Å². The summed E-state index contributed by atoms with van der Waals surface area (Å²) in [6.07, 6.45) is 1.85. The zero-order valence-electron chi connectivity index (χ0n) is 11.9. The zero-order chi connectivity index (χ0) is 14.4. The van der Waals surface area contributed by atoms with E-state index in [0.29, 0.717) is 0 Å². The van der Waals surface area contributed by atoms with Gasteiger partial charge in [-0.05, 0) is 31.0 Å². The molecule has 2 heterocycles. The van der Waals surface area contributed by atoms with Gasteiger partial charge in [0.1, 0.15) is 11.2 Å². The van der Waals surface area contributed by atoms with Gasteiger partial charge in [0, 0.05) is 5.56 Å². The first-order valence-corrected chi connectivity index (χ1v) is 6.91. The van der Waals surface area contributed by atoms with E-state index in [1.165, 1.54) is 5.56 Å². The Labute approximate surface area is 122 Å². The second kappa shape index (κ2) is 4.38. The van der Waals surface area contributed by atoms with Gasteiger partial charge in [0.05, 0.1) is 17.2 Å². The van der Waals surface area contributed by atoms with Crippen LogP contribution in [0.4, 0.5) is 0 Å². The summed E-state index contributed by atoms with van der Waals surface area (Å²) in [5, 5.41) is 8.68. The molecule has 0 radical (unpaired) electrons. The SMILES string of the molecule is Cc1cc(C)c2ncc3c(-c4ccccc4)nnn3c2c1. The van der Waals surface area contributed by atoms with E-state index in [2.05, 4.69) is 41.3 Å². The number of benzene rings is 2. The third-order valence-corrected chi connectivity index (χ3v) is 3.72.